The van der Waals surface area contributed by atoms with Crippen molar-refractivity contribution >= 4 is 69.6 Å². The zero-order valence-electron chi connectivity index (χ0n) is 12.4. The lowest BCUT2D eigenvalue weighted by atomic mass is 10.1. The Kier molecular flexibility index (Phi) is 6.52. The highest BCUT2D eigenvalue weighted by atomic mass is 35.6. The van der Waals surface area contributed by atoms with Crippen LogP contribution in [0.2, 0.25) is 10.0 Å². The van der Waals surface area contributed by atoms with E-state index in [0.29, 0.717) is 21.3 Å². The number of alkyl halides is 3. The Labute approximate surface area is 165 Å². The molecule has 0 fully saturated rings. The molecular weight excluding hydrogens is 413 g/mol. The first-order chi connectivity index (χ1) is 11.2. The summed E-state index contributed by atoms with van der Waals surface area (Å²) >= 11 is 29.8. The van der Waals surface area contributed by atoms with Crippen molar-refractivity contribution in [3.63, 3.8) is 0 Å². The molecule has 24 heavy (non-hydrogen) atoms. The molecule has 0 unspecified atom stereocenters. The van der Waals surface area contributed by atoms with Gasteiger partial charge in [0.1, 0.15) is 6.17 Å². The molecule has 3 nitrogen and oxygen atoms in total. The SMILES string of the molecule is Cc1ccc(C(=O)N[C@H](Nc2ccc(Cl)c(Cl)c2)C(Cl)(Cl)Cl)cc1. The van der Waals surface area contributed by atoms with Crippen LogP contribution in [0, 0.1) is 6.92 Å². The topological polar surface area (TPSA) is 41.1 Å². The summed E-state index contributed by atoms with van der Waals surface area (Å²) in [5.41, 5.74) is 2.04. The van der Waals surface area contributed by atoms with Gasteiger partial charge in [0.15, 0.2) is 0 Å². The smallest absolute Gasteiger partial charge is 0.252 e. The monoisotopic (exact) mass is 424 g/mol. The van der Waals surface area contributed by atoms with E-state index in [2.05, 4.69) is 10.6 Å². The number of amides is 1. The molecule has 1 atom stereocenters. The first-order valence-electron chi connectivity index (χ1n) is 6.82. The first kappa shape index (κ1) is 19.5. The molecule has 2 N–H and O–H groups in total. The van der Waals surface area contributed by atoms with Crippen LogP contribution < -0.4 is 10.6 Å². The van der Waals surface area contributed by atoms with Crippen molar-refractivity contribution in [3.8, 4) is 0 Å². The molecule has 0 aliphatic rings. The van der Waals surface area contributed by atoms with Crippen molar-refractivity contribution < 1.29 is 4.79 Å². The highest BCUT2D eigenvalue weighted by molar-refractivity contribution is 6.68. The molecule has 1 amide bonds. The number of hydrogen-bond acceptors (Lipinski definition) is 2. The van der Waals surface area contributed by atoms with Crippen LogP contribution in [0.1, 0.15) is 15.9 Å². The molecule has 128 valence electrons. The van der Waals surface area contributed by atoms with Gasteiger partial charge in [0, 0.05) is 11.3 Å². The quantitative estimate of drug-likeness (QED) is 0.476. The summed E-state index contributed by atoms with van der Waals surface area (Å²) < 4.78 is -1.79. The zero-order valence-corrected chi connectivity index (χ0v) is 16.2. The molecule has 2 rings (SSSR count). The van der Waals surface area contributed by atoms with Crippen LogP contribution in [0.3, 0.4) is 0 Å². The molecule has 8 heteroatoms. The van der Waals surface area contributed by atoms with Gasteiger partial charge >= 0.3 is 0 Å². The molecule has 2 aromatic carbocycles. The zero-order chi connectivity index (χ0) is 17.9. The van der Waals surface area contributed by atoms with E-state index in [0.717, 1.165) is 5.56 Å². The highest BCUT2D eigenvalue weighted by Crippen LogP contribution is 2.32. The average molecular weight is 427 g/mol. The van der Waals surface area contributed by atoms with Crippen LogP contribution in [0.4, 0.5) is 5.69 Å². The lowest BCUT2D eigenvalue weighted by molar-refractivity contribution is 0.0942. The predicted octanol–water partition coefficient (Wildman–Crippen LogP) is 5.84. The number of anilines is 1. The van der Waals surface area contributed by atoms with Crippen LogP contribution in [-0.2, 0) is 0 Å². The maximum Gasteiger partial charge on any atom is 0.252 e. The fraction of sp³-hybridized carbons (Fsp3) is 0.188. The molecule has 0 aromatic heterocycles. The Balaban J connectivity index is 2.18. The van der Waals surface area contributed by atoms with E-state index < -0.39 is 9.96 Å². The number of hydrogen-bond donors (Lipinski definition) is 2. The Bertz CT molecular complexity index is 728. The number of aryl methyl sites for hydroxylation is 1. The largest absolute Gasteiger partial charge is 0.362 e. The van der Waals surface area contributed by atoms with Crippen LogP contribution >= 0.6 is 58.0 Å². The number of halogens is 5. The molecule has 0 bridgehead atoms. The van der Waals surface area contributed by atoms with E-state index in [4.69, 9.17) is 58.0 Å². The number of carbonyl (C=O) groups is 1. The number of carbonyl (C=O) groups excluding carboxylic acids is 1. The van der Waals surface area contributed by atoms with Crippen LogP contribution in [0.25, 0.3) is 0 Å². The Morgan fingerprint density at radius 3 is 2.17 bits per heavy atom. The second kappa shape index (κ2) is 8.03. The van der Waals surface area contributed by atoms with Gasteiger partial charge in [-0.15, -0.1) is 0 Å². The van der Waals surface area contributed by atoms with Crippen LogP contribution in [0.15, 0.2) is 42.5 Å². The third-order valence-electron chi connectivity index (χ3n) is 3.15. The summed E-state index contributed by atoms with van der Waals surface area (Å²) in [5, 5.41) is 6.32. The standard InChI is InChI=1S/C16H13Cl5N2O/c1-9-2-4-10(5-3-9)14(24)23-15(16(19,20)21)22-11-6-7-12(17)13(18)8-11/h2-8,15,22H,1H3,(H,23,24)/t15-/m0/s1. The second-order valence-electron chi connectivity index (χ2n) is 5.09. The minimum absolute atomic E-state index is 0.342. The molecule has 0 aliphatic carbocycles. The summed E-state index contributed by atoms with van der Waals surface area (Å²) in [5.74, 6) is -0.376. The molecule has 0 spiro atoms. The van der Waals surface area contributed by atoms with E-state index in [1.807, 2.05) is 19.1 Å². The van der Waals surface area contributed by atoms with Crippen molar-refractivity contribution in [2.24, 2.45) is 0 Å². The maximum atomic E-state index is 12.4. The van der Waals surface area contributed by atoms with E-state index in [1.54, 1.807) is 30.3 Å². The van der Waals surface area contributed by atoms with Crippen molar-refractivity contribution in [1.29, 1.82) is 0 Å². The van der Waals surface area contributed by atoms with Gasteiger partial charge in [-0.1, -0.05) is 75.7 Å². The fourth-order valence-electron chi connectivity index (χ4n) is 1.87. The summed E-state index contributed by atoms with van der Waals surface area (Å²) in [6.07, 6.45) is -0.978. The molecule has 2 aromatic rings. The summed E-state index contributed by atoms with van der Waals surface area (Å²) in [6, 6.07) is 11.9. The second-order valence-corrected chi connectivity index (χ2v) is 8.27. The van der Waals surface area contributed by atoms with Crippen molar-refractivity contribution in [2.45, 2.75) is 16.9 Å². The van der Waals surface area contributed by atoms with Crippen molar-refractivity contribution in [1.82, 2.24) is 5.32 Å². The normalized spacial score (nSPS) is 12.6. The van der Waals surface area contributed by atoms with E-state index in [1.165, 1.54) is 0 Å². The van der Waals surface area contributed by atoms with Crippen molar-refractivity contribution in [3.05, 3.63) is 63.6 Å². The number of rotatable bonds is 4. The van der Waals surface area contributed by atoms with Gasteiger partial charge in [0.25, 0.3) is 5.91 Å². The number of nitrogens with one attached hydrogen (secondary N) is 2. The third-order valence-corrected chi connectivity index (χ3v) is 4.54. The first-order valence-corrected chi connectivity index (χ1v) is 8.71. The summed E-state index contributed by atoms with van der Waals surface area (Å²) in [7, 11) is 0. The van der Waals surface area contributed by atoms with Gasteiger partial charge in [0.05, 0.1) is 10.0 Å². The molecule has 0 saturated heterocycles. The lowest BCUT2D eigenvalue weighted by Gasteiger charge is -2.27. The minimum Gasteiger partial charge on any atom is -0.362 e. The van der Waals surface area contributed by atoms with E-state index in [-0.39, 0.29) is 5.91 Å². The molecule has 0 aliphatic heterocycles. The van der Waals surface area contributed by atoms with Gasteiger partial charge in [-0.2, -0.15) is 0 Å². The Morgan fingerprint density at radius 2 is 1.62 bits per heavy atom. The van der Waals surface area contributed by atoms with E-state index >= 15 is 0 Å². The molecule has 0 heterocycles. The van der Waals surface area contributed by atoms with Crippen LogP contribution in [-0.4, -0.2) is 15.9 Å². The van der Waals surface area contributed by atoms with Crippen LogP contribution in [0.5, 0.6) is 0 Å². The minimum atomic E-state index is -1.79. The lowest BCUT2D eigenvalue weighted by Crippen LogP contribution is -2.49. The van der Waals surface area contributed by atoms with Gasteiger partial charge in [-0.3, -0.25) is 4.79 Å². The van der Waals surface area contributed by atoms with Crippen molar-refractivity contribution in [2.75, 3.05) is 5.32 Å². The number of benzene rings is 2. The average Bonchev–Trinajstić information content (AvgIpc) is 2.50. The van der Waals surface area contributed by atoms with Gasteiger partial charge in [-0.05, 0) is 37.3 Å². The fourth-order valence-corrected chi connectivity index (χ4v) is 2.50. The highest BCUT2D eigenvalue weighted by Gasteiger charge is 2.34. The summed E-state index contributed by atoms with van der Waals surface area (Å²) in [6.45, 7) is 1.93. The van der Waals surface area contributed by atoms with Gasteiger partial charge < -0.3 is 10.6 Å². The Morgan fingerprint density at radius 1 is 1.00 bits per heavy atom. The molecule has 0 radical (unpaired) electrons. The van der Waals surface area contributed by atoms with E-state index in [9.17, 15) is 4.79 Å². The van der Waals surface area contributed by atoms with Gasteiger partial charge in [0.2, 0.25) is 3.79 Å². The Hall–Kier alpha value is -0.840. The maximum absolute atomic E-state index is 12.4. The predicted molar refractivity (Wildman–Crippen MR) is 103 cm³/mol. The molecular formula is C16H13Cl5N2O. The third kappa shape index (κ3) is 5.33. The molecule has 0 saturated carbocycles. The van der Waals surface area contributed by atoms with Gasteiger partial charge in [-0.25, -0.2) is 0 Å². The summed E-state index contributed by atoms with van der Waals surface area (Å²) in [4.78, 5) is 12.4.